The number of carbonyl (C=O) groups is 1. The number of sulfonamides is 1. The van der Waals surface area contributed by atoms with Gasteiger partial charge in [-0.3, -0.25) is 10.2 Å². The predicted octanol–water partition coefficient (Wildman–Crippen LogP) is 4.30. The van der Waals surface area contributed by atoms with Crippen LogP contribution in [0, 0.1) is 0 Å². The Morgan fingerprint density at radius 1 is 0.906 bits per heavy atom. The molecule has 6 nitrogen and oxygen atoms in total. The maximum atomic E-state index is 13.4. The van der Waals surface area contributed by atoms with Crippen LogP contribution in [0.15, 0.2) is 88.9 Å². The fourth-order valence-electron chi connectivity index (χ4n) is 3.59. The summed E-state index contributed by atoms with van der Waals surface area (Å²) in [7, 11) is -2.82. The van der Waals surface area contributed by atoms with E-state index < -0.39 is 27.9 Å². The highest BCUT2D eigenvalue weighted by Crippen LogP contribution is 2.31. The number of carbonyl (C=O) groups excluding carboxylic acids is 1. The van der Waals surface area contributed by atoms with Gasteiger partial charge in [0.1, 0.15) is 6.04 Å². The van der Waals surface area contributed by atoms with Gasteiger partial charge in [0.05, 0.1) is 16.5 Å². The van der Waals surface area contributed by atoms with Crippen LogP contribution in [-0.2, 0) is 14.8 Å². The average Bonchev–Trinajstić information content (AvgIpc) is 3.24. The number of halogens is 2. The molecule has 4 rings (SSSR count). The summed E-state index contributed by atoms with van der Waals surface area (Å²) in [5.74, 6) is -1.12. The van der Waals surface area contributed by atoms with Gasteiger partial charge in [0.15, 0.2) is 0 Å². The normalized spacial score (nSPS) is 18.0. The Morgan fingerprint density at radius 2 is 1.47 bits per heavy atom. The van der Waals surface area contributed by atoms with E-state index in [1.807, 2.05) is 42.5 Å². The fraction of sp³-hybridized carbons (Fsp3) is 0.130. The zero-order chi connectivity index (χ0) is 22.9. The molecular formula is C23H19Cl2N3O3S. The minimum Gasteiger partial charge on any atom is -0.296 e. The van der Waals surface area contributed by atoms with Gasteiger partial charge in [-0.2, -0.15) is 5.10 Å². The molecule has 0 aromatic heterocycles. The van der Waals surface area contributed by atoms with Crippen LogP contribution in [0.1, 0.15) is 17.0 Å². The molecule has 1 amide bonds. The summed E-state index contributed by atoms with van der Waals surface area (Å²) in [5.41, 5.74) is 5.11. The quantitative estimate of drug-likeness (QED) is 0.581. The van der Waals surface area contributed by atoms with E-state index in [0.29, 0.717) is 15.8 Å². The number of nitrogens with zero attached hydrogens (tertiary/aromatic N) is 2. The predicted molar refractivity (Wildman–Crippen MR) is 126 cm³/mol. The number of likely N-dealkylation sites (N-methyl/N-ethyl adjacent to an activating group) is 1. The van der Waals surface area contributed by atoms with Crippen LogP contribution in [-0.4, -0.2) is 37.4 Å². The van der Waals surface area contributed by atoms with Crippen molar-refractivity contribution in [2.24, 2.45) is 5.10 Å². The summed E-state index contributed by atoms with van der Waals surface area (Å²) >= 11 is 11.9. The lowest BCUT2D eigenvalue weighted by molar-refractivity contribution is -0.127. The van der Waals surface area contributed by atoms with Crippen molar-refractivity contribution in [1.29, 1.82) is 0 Å². The maximum absolute atomic E-state index is 13.4. The molecule has 0 spiro atoms. The molecule has 9 heteroatoms. The van der Waals surface area contributed by atoms with Gasteiger partial charge in [-0.15, -0.1) is 0 Å². The Kier molecular flexibility index (Phi) is 6.24. The second-order valence-electron chi connectivity index (χ2n) is 7.26. The second-order valence-corrected chi connectivity index (χ2v) is 10.1. The zero-order valence-electron chi connectivity index (χ0n) is 16.9. The Labute approximate surface area is 196 Å². The van der Waals surface area contributed by atoms with Crippen molar-refractivity contribution in [3.05, 3.63) is 100 Å². The summed E-state index contributed by atoms with van der Waals surface area (Å²) in [4.78, 5) is 13.4. The number of benzene rings is 3. The van der Waals surface area contributed by atoms with Crippen LogP contribution >= 0.6 is 23.2 Å². The topological polar surface area (TPSA) is 78.8 Å². The molecule has 1 aliphatic heterocycles. The third-order valence-corrected chi connectivity index (χ3v) is 7.57. The Morgan fingerprint density at radius 3 is 2.06 bits per heavy atom. The van der Waals surface area contributed by atoms with Gasteiger partial charge in [0.2, 0.25) is 0 Å². The highest BCUT2D eigenvalue weighted by Gasteiger charge is 2.42. The molecule has 0 saturated heterocycles. The number of rotatable bonds is 5. The van der Waals surface area contributed by atoms with E-state index in [1.54, 1.807) is 12.1 Å². The number of nitrogens with one attached hydrogen (secondary N) is 1. The minimum absolute atomic E-state index is 0.0224. The summed E-state index contributed by atoms with van der Waals surface area (Å²) in [5, 5.41) is 5.39. The molecule has 32 heavy (non-hydrogen) atoms. The molecule has 1 N–H and O–H groups in total. The molecule has 0 radical (unpaired) electrons. The molecule has 1 heterocycles. The van der Waals surface area contributed by atoms with Gasteiger partial charge in [-0.25, -0.2) is 12.7 Å². The number of amides is 1. The van der Waals surface area contributed by atoms with E-state index in [0.717, 1.165) is 15.4 Å². The van der Waals surface area contributed by atoms with E-state index in [4.69, 9.17) is 23.2 Å². The van der Waals surface area contributed by atoms with Gasteiger partial charge in [-0.1, -0.05) is 65.7 Å². The first kappa shape index (κ1) is 22.3. The monoisotopic (exact) mass is 487 g/mol. The van der Waals surface area contributed by atoms with Gasteiger partial charge >= 0.3 is 0 Å². The maximum Gasteiger partial charge on any atom is 0.266 e. The molecule has 2 atom stereocenters. The molecule has 0 saturated carbocycles. The molecule has 0 bridgehead atoms. The molecule has 0 fully saturated rings. The molecule has 1 unspecified atom stereocenters. The second kappa shape index (κ2) is 8.94. The first-order chi connectivity index (χ1) is 15.3. The third-order valence-electron chi connectivity index (χ3n) is 5.30. The smallest absolute Gasteiger partial charge is 0.266 e. The highest BCUT2D eigenvalue weighted by atomic mass is 35.5. The van der Waals surface area contributed by atoms with Crippen LogP contribution in [0.3, 0.4) is 0 Å². The van der Waals surface area contributed by atoms with E-state index >= 15 is 0 Å². The summed E-state index contributed by atoms with van der Waals surface area (Å²) in [6.07, 6.45) is 0. The van der Waals surface area contributed by atoms with Crippen LogP contribution in [0.25, 0.3) is 0 Å². The standard InChI is InChI=1S/C23H19Cl2N3O3S/c1-28(32(30,31)19-13-11-18(25)12-14-19)23(29)22-20(15-5-3-2-4-6-15)21(26-27-22)16-7-9-17(24)10-8-16/h2-14,20,22,27H,1H3/t20-,22?/m1/s1. The first-order valence-electron chi connectivity index (χ1n) is 9.71. The molecular weight excluding hydrogens is 469 g/mol. The third kappa shape index (κ3) is 4.24. The van der Waals surface area contributed by atoms with Crippen molar-refractivity contribution >= 4 is 44.8 Å². The van der Waals surface area contributed by atoms with Crippen LogP contribution in [0.5, 0.6) is 0 Å². The Hall–Kier alpha value is -2.87. The van der Waals surface area contributed by atoms with E-state index in [1.165, 1.54) is 31.3 Å². The lowest BCUT2D eigenvalue weighted by Crippen LogP contribution is -2.47. The molecule has 164 valence electrons. The number of hydrazone groups is 1. The summed E-state index contributed by atoms with van der Waals surface area (Å²) in [6.45, 7) is 0. The highest BCUT2D eigenvalue weighted by molar-refractivity contribution is 7.89. The van der Waals surface area contributed by atoms with E-state index in [2.05, 4.69) is 10.5 Å². The van der Waals surface area contributed by atoms with E-state index in [-0.39, 0.29) is 4.90 Å². The largest absolute Gasteiger partial charge is 0.296 e. The van der Waals surface area contributed by atoms with Crippen molar-refractivity contribution in [3.63, 3.8) is 0 Å². The molecule has 3 aromatic carbocycles. The lowest BCUT2D eigenvalue weighted by atomic mass is 9.85. The average molecular weight is 488 g/mol. The fourth-order valence-corrected chi connectivity index (χ4v) is 4.99. The minimum atomic E-state index is -4.07. The Balaban J connectivity index is 1.69. The summed E-state index contributed by atoms with van der Waals surface area (Å²) in [6, 6.07) is 21.3. The van der Waals surface area contributed by atoms with Gasteiger partial charge < -0.3 is 0 Å². The van der Waals surface area contributed by atoms with Crippen molar-refractivity contribution in [1.82, 2.24) is 9.73 Å². The van der Waals surface area contributed by atoms with Crippen molar-refractivity contribution < 1.29 is 13.2 Å². The molecule has 0 aliphatic carbocycles. The number of hydrogen-bond acceptors (Lipinski definition) is 5. The van der Waals surface area contributed by atoms with Crippen LogP contribution < -0.4 is 5.43 Å². The van der Waals surface area contributed by atoms with E-state index in [9.17, 15) is 13.2 Å². The van der Waals surface area contributed by atoms with Crippen molar-refractivity contribution in [2.75, 3.05) is 7.05 Å². The number of hydrogen-bond donors (Lipinski definition) is 1. The summed E-state index contributed by atoms with van der Waals surface area (Å²) < 4.78 is 26.9. The van der Waals surface area contributed by atoms with Gasteiger partial charge in [-0.05, 0) is 47.5 Å². The van der Waals surface area contributed by atoms with Crippen molar-refractivity contribution in [2.45, 2.75) is 16.9 Å². The van der Waals surface area contributed by atoms with Crippen molar-refractivity contribution in [3.8, 4) is 0 Å². The van der Waals surface area contributed by atoms with Crippen LogP contribution in [0.4, 0.5) is 0 Å². The molecule has 1 aliphatic rings. The van der Waals surface area contributed by atoms with Gasteiger partial charge in [0.25, 0.3) is 15.9 Å². The van der Waals surface area contributed by atoms with Crippen LogP contribution in [0.2, 0.25) is 10.0 Å². The first-order valence-corrected chi connectivity index (χ1v) is 11.9. The zero-order valence-corrected chi connectivity index (χ0v) is 19.3. The lowest BCUT2D eigenvalue weighted by Gasteiger charge is -2.25. The SMILES string of the molecule is CN(C(=O)C1NN=C(c2ccc(Cl)cc2)[C@H]1c1ccccc1)S(=O)(=O)c1ccc(Cl)cc1. The Bertz CT molecular complexity index is 1260. The van der Waals surface area contributed by atoms with Gasteiger partial charge in [0, 0.05) is 17.1 Å². The molecule has 3 aromatic rings.